The first kappa shape index (κ1) is 17.4. The monoisotopic (exact) mass is 361 g/mol. The van der Waals surface area contributed by atoms with Crippen molar-refractivity contribution in [2.75, 3.05) is 0 Å². The predicted molar refractivity (Wildman–Crippen MR) is 85.6 cm³/mol. The number of halogens is 4. The number of hydrogen-bond donors (Lipinski definition) is 2. The summed E-state index contributed by atoms with van der Waals surface area (Å²) in [6.07, 6.45) is -4.27. The molecule has 122 valence electrons. The minimum Gasteiger partial charge on any atom is -0.247 e. The molecule has 0 atom stereocenters. The van der Waals surface area contributed by atoms with Gasteiger partial charge in [-0.3, -0.25) is 0 Å². The van der Waals surface area contributed by atoms with Crippen molar-refractivity contribution in [3.8, 4) is 10.6 Å². The average molecular weight is 362 g/mol. The summed E-state index contributed by atoms with van der Waals surface area (Å²) in [6.45, 7) is 3.35. The molecular formula is C13H11ClF3N5S. The molecule has 0 aliphatic carbocycles. The number of alkyl halides is 3. The van der Waals surface area contributed by atoms with Crippen LogP contribution in [0, 0.1) is 0 Å². The molecule has 1 aromatic heterocycles. The number of rotatable bonds is 4. The molecule has 2 rings (SSSR count). The fourth-order valence-electron chi connectivity index (χ4n) is 1.76. The largest absolute Gasteiger partial charge is 0.417 e. The third-order valence-electron chi connectivity index (χ3n) is 2.79. The Balaban J connectivity index is 2.31. The molecule has 0 unspecified atom stereocenters. The molecule has 0 aliphatic heterocycles. The van der Waals surface area contributed by atoms with Crippen LogP contribution in [0.5, 0.6) is 0 Å². The van der Waals surface area contributed by atoms with Crippen LogP contribution in [-0.4, -0.2) is 17.5 Å². The Morgan fingerprint density at radius 3 is 2.78 bits per heavy atom. The lowest BCUT2D eigenvalue weighted by Crippen LogP contribution is -2.17. The van der Waals surface area contributed by atoms with Gasteiger partial charge in [-0.05, 0) is 18.9 Å². The maximum absolute atomic E-state index is 12.9. The van der Waals surface area contributed by atoms with Crippen LogP contribution in [0.3, 0.4) is 0 Å². The highest BCUT2D eigenvalue weighted by atomic mass is 35.5. The van der Waals surface area contributed by atoms with Crippen LogP contribution >= 0.6 is 22.9 Å². The third kappa shape index (κ3) is 4.27. The van der Waals surface area contributed by atoms with Crippen molar-refractivity contribution < 1.29 is 13.2 Å². The summed E-state index contributed by atoms with van der Waals surface area (Å²) in [6, 6.07) is 3.67. The lowest BCUT2D eigenvalue weighted by atomic mass is 10.1. The summed E-state index contributed by atoms with van der Waals surface area (Å²) in [5.41, 5.74) is 2.13. The molecule has 0 aliphatic rings. The van der Waals surface area contributed by atoms with E-state index in [-0.39, 0.29) is 11.4 Å². The lowest BCUT2D eigenvalue weighted by molar-refractivity contribution is -0.137. The first-order chi connectivity index (χ1) is 10.8. The molecular weight excluding hydrogens is 351 g/mol. The van der Waals surface area contributed by atoms with Gasteiger partial charge in [-0.1, -0.05) is 17.7 Å². The molecule has 0 fully saturated rings. The molecule has 10 heteroatoms. The van der Waals surface area contributed by atoms with Crippen LogP contribution in [0.25, 0.3) is 10.6 Å². The maximum atomic E-state index is 12.9. The molecule has 2 aromatic rings. The standard InChI is InChI=1S/C13H11ClF3N5S/c1-19-11(21-22-18)5-8-6-23-12(20-8)7-2-3-10(14)9(4-7)13(15,16)17/h2-4,6,22H,1,5,18H2/b21-11-. The number of thiazole rings is 1. The summed E-state index contributed by atoms with van der Waals surface area (Å²) in [7, 11) is 0. The number of hydrogen-bond acceptors (Lipinski definition) is 5. The predicted octanol–water partition coefficient (Wildman–Crippen LogP) is 3.50. The van der Waals surface area contributed by atoms with Crippen LogP contribution in [-0.2, 0) is 12.6 Å². The number of nitrogens with zero attached hydrogens (tertiary/aromatic N) is 3. The van der Waals surface area contributed by atoms with E-state index in [1.54, 1.807) is 5.38 Å². The zero-order valence-electron chi connectivity index (χ0n) is 11.6. The first-order valence-corrected chi connectivity index (χ1v) is 7.41. The van der Waals surface area contributed by atoms with Gasteiger partial charge in [0.05, 0.1) is 22.7 Å². The summed E-state index contributed by atoms with van der Waals surface area (Å²) < 4.78 is 38.7. The first-order valence-electron chi connectivity index (χ1n) is 6.15. The topological polar surface area (TPSA) is 75.7 Å². The number of hydrazone groups is 1. The SMILES string of the molecule is C=N/C(Cc1csc(-c2ccc(Cl)c(C(F)(F)F)c2)n1)=N\NN. The molecule has 0 radical (unpaired) electrons. The van der Waals surface area contributed by atoms with Gasteiger partial charge in [-0.15, -0.1) is 16.4 Å². The minimum atomic E-state index is -4.52. The van der Waals surface area contributed by atoms with Gasteiger partial charge in [0.25, 0.3) is 0 Å². The van der Waals surface area contributed by atoms with E-state index in [1.807, 2.05) is 0 Å². The Morgan fingerprint density at radius 2 is 2.17 bits per heavy atom. The highest BCUT2D eigenvalue weighted by Gasteiger charge is 2.33. The second-order valence-corrected chi connectivity index (χ2v) is 5.59. The second-order valence-electron chi connectivity index (χ2n) is 4.33. The van der Waals surface area contributed by atoms with E-state index < -0.39 is 11.7 Å². The second kappa shape index (κ2) is 7.07. The van der Waals surface area contributed by atoms with Gasteiger partial charge in [-0.25, -0.2) is 21.4 Å². The number of aromatic nitrogens is 1. The Labute approximate surface area is 138 Å². The molecule has 5 nitrogen and oxygen atoms in total. The molecule has 0 bridgehead atoms. The van der Waals surface area contributed by atoms with E-state index in [0.29, 0.717) is 22.1 Å². The highest BCUT2D eigenvalue weighted by molar-refractivity contribution is 7.13. The average Bonchev–Trinajstić information content (AvgIpc) is 2.94. The normalized spacial score (nSPS) is 12.3. The van der Waals surface area contributed by atoms with Gasteiger partial charge in [0, 0.05) is 10.9 Å². The molecule has 23 heavy (non-hydrogen) atoms. The van der Waals surface area contributed by atoms with E-state index in [1.165, 1.54) is 23.5 Å². The van der Waals surface area contributed by atoms with Crippen LogP contribution in [0.4, 0.5) is 13.2 Å². The van der Waals surface area contributed by atoms with Gasteiger partial charge in [-0.2, -0.15) is 13.2 Å². The Kier molecular flexibility index (Phi) is 5.34. The fourth-order valence-corrected chi connectivity index (χ4v) is 2.80. The molecule has 0 amide bonds. The molecule has 1 aromatic carbocycles. The number of nitrogens with two attached hydrogens (primary N) is 1. The van der Waals surface area contributed by atoms with Crippen LogP contribution in [0.15, 0.2) is 33.7 Å². The van der Waals surface area contributed by atoms with Gasteiger partial charge in [0.2, 0.25) is 0 Å². The van der Waals surface area contributed by atoms with E-state index in [9.17, 15) is 13.2 Å². The van der Waals surface area contributed by atoms with Crippen LogP contribution in [0.2, 0.25) is 5.02 Å². The molecule has 0 saturated carbocycles. The number of benzene rings is 1. The number of aliphatic imine (C=N–C) groups is 1. The van der Waals surface area contributed by atoms with Crippen molar-refractivity contribution in [3.63, 3.8) is 0 Å². The van der Waals surface area contributed by atoms with Crippen molar-refractivity contribution >= 4 is 35.5 Å². The van der Waals surface area contributed by atoms with Gasteiger partial charge >= 0.3 is 6.18 Å². The zero-order chi connectivity index (χ0) is 17.0. The van der Waals surface area contributed by atoms with Crippen LogP contribution in [0.1, 0.15) is 11.3 Å². The minimum absolute atomic E-state index is 0.254. The van der Waals surface area contributed by atoms with E-state index >= 15 is 0 Å². The number of hydrazine groups is 1. The fraction of sp³-hybridized carbons (Fsp3) is 0.154. The lowest BCUT2D eigenvalue weighted by Gasteiger charge is -2.09. The van der Waals surface area contributed by atoms with E-state index in [0.717, 1.165) is 6.07 Å². The summed E-state index contributed by atoms with van der Waals surface area (Å²) in [5, 5.41) is 5.48. The van der Waals surface area contributed by atoms with E-state index in [2.05, 4.69) is 27.3 Å². The van der Waals surface area contributed by atoms with Crippen molar-refractivity contribution in [1.82, 2.24) is 10.5 Å². The Hall–Kier alpha value is -1.97. The van der Waals surface area contributed by atoms with Gasteiger partial charge in [0.1, 0.15) is 5.01 Å². The third-order valence-corrected chi connectivity index (χ3v) is 4.06. The summed E-state index contributed by atoms with van der Waals surface area (Å²) in [5.74, 6) is 5.38. The molecule has 1 heterocycles. The highest BCUT2D eigenvalue weighted by Crippen LogP contribution is 2.37. The smallest absolute Gasteiger partial charge is 0.247 e. The van der Waals surface area contributed by atoms with E-state index in [4.69, 9.17) is 17.4 Å². The number of amidine groups is 1. The zero-order valence-corrected chi connectivity index (χ0v) is 13.1. The quantitative estimate of drug-likeness (QED) is 0.379. The van der Waals surface area contributed by atoms with Gasteiger partial charge in [0.15, 0.2) is 5.84 Å². The van der Waals surface area contributed by atoms with Crippen molar-refractivity contribution in [2.45, 2.75) is 12.6 Å². The Bertz CT molecular complexity index is 741. The molecule has 0 saturated heterocycles. The van der Waals surface area contributed by atoms with Crippen molar-refractivity contribution in [3.05, 3.63) is 39.9 Å². The molecule has 3 N–H and O–H groups in total. The number of nitrogens with one attached hydrogen (secondary N) is 1. The maximum Gasteiger partial charge on any atom is 0.417 e. The van der Waals surface area contributed by atoms with Crippen LogP contribution < -0.4 is 11.4 Å². The van der Waals surface area contributed by atoms with Gasteiger partial charge < -0.3 is 0 Å². The van der Waals surface area contributed by atoms with Crippen molar-refractivity contribution in [1.29, 1.82) is 0 Å². The summed E-state index contributed by atoms with van der Waals surface area (Å²) >= 11 is 6.81. The van der Waals surface area contributed by atoms with Crippen molar-refractivity contribution in [2.24, 2.45) is 15.9 Å². The molecule has 0 spiro atoms. The Morgan fingerprint density at radius 1 is 1.43 bits per heavy atom. The summed E-state index contributed by atoms with van der Waals surface area (Å²) in [4.78, 5) is 7.94.